The predicted molar refractivity (Wildman–Crippen MR) is 116 cm³/mol. The smallest absolute Gasteiger partial charge is 0.239 e. The molecule has 1 amide bonds. The number of aliphatic imine (C=N–C) groups is 1. The molecule has 0 spiro atoms. The first-order chi connectivity index (χ1) is 14.1. The van der Waals surface area contributed by atoms with Gasteiger partial charge in [0.2, 0.25) is 5.91 Å². The van der Waals surface area contributed by atoms with Crippen molar-refractivity contribution < 1.29 is 9.53 Å². The third-order valence-corrected chi connectivity index (χ3v) is 6.48. The molecule has 0 aromatic heterocycles. The SMILES string of the molecule is CN=C(NCCN(CCOC)C1CC1)N1CCN(C(C)C(=O)N2CCCC2)CC1. The summed E-state index contributed by atoms with van der Waals surface area (Å²) in [4.78, 5) is 26.4. The molecule has 1 N–H and O–H groups in total. The molecule has 3 aliphatic rings. The van der Waals surface area contributed by atoms with Gasteiger partial charge in [0.05, 0.1) is 12.6 Å². The maximum atomic E-state index is 12.7. The molecular formula is C21H40N6O2. The van der Waals surface area contributed by atoms with Gasteiger partial charge in [-0.05, 0) is 32.6 Å². The monoisotopic (exact) mass is 408 g/mol. The average molecular weight is 409 g/mol. The Morgan fingerprint density at radius 2 is 1.79 bits per heavy atom. The van der Waals surface area contributed by atoms with Crippen molar-refractivity contribution in [3.8, 4) is 0 Å². The highest BCUT2D eigenvalue weighted by molar-refractivity contribution is 5.82. The standard InChI is InChI=1S/C21H40N6O2/c1-18(20(28)26-9-4-5-10-26)24-12-14-27(15-13-24)21(22-2)23-8-11-25(16-17-29-3)19-6-7-19/h18-19H,4-17H2,1-3H3,(H,22,23). The lowest BCUT2D eigenvalue weighted by Gasteiger charge is -2.39. The second-order valence-corrected chi connectivity index (χ2v) is 8.47. The summed E-state index contributed by atoms with van der Waals surface area (Å²) < 4.78 is 5.25. The number of guanidine groups is 1. The number of rotatable bonds is 9. The molecule has 0 radical (unpaired) electrons. The van der Waals surface area contributed by atoms with E-state index in [0.717, 1.165) is 90.4 Å². The first-order valence-electron chi connectivity index (χ1n) is 11.4. The van der Waals surface area contributed by atoms with E-state index in [0.29, 0.717) is 5.91 Å². The number of amides is 1. The van der Waals surface area contributed by atoms with Crippen LogP contribution in [0.2, 0.25) is 0 Å². The predicted octanol–water partition coefficient (Wildman–Crippen LogP) is 0.301. The number of nitrogens with one attached hydrogen (secondary N) is 1. The zero-order valence-corrected chi connectivity index (χ0v) is 18.6. The maximum absolute atomic E-state index is 12.7. The number of piperazine rings is 1. The summed E-state index contributed by atoms with van der Waals surface area (Å²) in [5.74, 6) is 1.28. The minimum Gasteiger partial charge on any atom is -0.383 e. The molecule has 3 fully saturated rings. The molecule has 166 valence electrons. The Kier molecular flexibility index (Phi) is 8.56. The number of nitrogens with zero attached hydrogens (tertiary/aromatic N) is 5. The molecular weight excluding hydrogens is 368 g/mol. The third-order valence-electron chi connectivity index (χ3n) is 6.48. The molecule has 2 aliphatic heterocycles. The van der Waals surface area contributed by atoms with Crippen LogP contribution in [-0.2, 0) is 9.53 Å². The van der Waals surface area contributed by atoms with Gasteiger partial charge in [0.15, 0.2) is 5.96 Å². The fourth-order valence-corrected chi connectivity index (χ4v) is 4.45. The third kappa shape index (κ3) is 6.30. The Bertz CT molecular complexity index is 539. The summed E-state index contributed by atoms with van der Waals surface area (Å²) in [6.07, 6.45) is 4.93. The molecule has 1 saturated carbocycles. The molecule has 1 unspecified atom stereocenters. The van der Waals surface area contributed by atoms with Crippen molar-refractivity contribution in [2.24, 2.45) is 4.99 Å². The molecule has 1 atom stereocenters. The summed E-state index contributed by atoms with van der Waals surface area (Å²) in [5.41, 5.74) is 0. The van der Waals surface area contributed by atoms with Crippen molar-refractivity contribution in [2.75, 3.05) is 79.7 Å². The highest BCUT2D eigenvalue weighted by Crippen LogP contribution is 2.26. The fourth-order valence-electron chi connectivity index (χ4n) is 4.45. The van der Waals surface area contributed by atoms with Crippen LogP contribution >= 0.6 is 0 Å². The number of carbonyl (C=O) groups excluding carboxylic acids is 1. The Balaban J connectivity index is 1.39. The van der Waals surface area contributed by atoms with Crippen LogP contribution in [-0.4, -0.2) is 123 Å². The first-order valence-corrected chi connectivity index (χ1v) is 11.4. The lowest BCUT2D eigenvalue weighted by molar-refractivity contribution is -0.135. The number of hydrogen-bond acceptors (Lipinski definition) is 5. The van der Waals surface area contributed by atoms with Gasteiger partial charge in [0.25, 0.3) is 0 Å². The highest BCUT2D eigenvalue weighted by atomic mass is 16.5. The van der Waals surface area contributed by atoms with Crippen LogP contribution in [0.15, 0.2) is 4.99 Å². The molecule has 0 aromatic carbocycles. The Morgan fingerprint density at radius 1 is 1.10 bits per heavy atom. The summed E-state index contributed by atoms with van der Waals surface area (Å²) in [6.45, 7) is 11.3. The second kappa shape index (κ2) is 11.1. The van der Waals surface area contributed by atoms with Gasteiger partial charge < -0.3 is 19.9 Å². The van der Waals surface area contributed by atoms with Crippen LogP contribution in [0, 0.1) is 0 Å². The van der Waals surface area contributed by atoms with E-state index >= 15 is 0 Å². The van der Waals surface area contributed by atoms with Gasteiger partial charge in [-0.1, -0.05) is 0 Å². The molecule has 3 rings (SSSR count). The Morgan fingerprint density at radius 3 is 2.38 bits per heavy atom. The molecule has 2 heterocycles. The molecule has 0 bridgehead atoms. The second-order valence-electron chi connectivity index (χ2n) is 8.47. The highest BCUT2D eigenvalue weighted by Gasteiger charge is 2.31. The topological polar surface area (TPSA) is 63.7 Å². The maximum Gasteiger partial charge on any atom is 0.239 e. The summed E-state index contributed by atoms with van der Waals surface area (Å²) in [7, 11) is 3.63. The van der Waals surface area contributed by atoms with Crippen LogP contribution < -0.4 is 5.32 Å². The summed E-state index contributed by atoms with van der Waals surface area (Å²) >= 11 is 0. The van der Waals surface area contributed by atoms with E-state index in [1.54, 1.807) is 7.11 Å². The van der Waals surface area contributed by atoms with Gasteiger partial charge in [0, 0.05) is 79.1 Å². The molecule has 8 heteroatoms. The van der Waals surface area contributed by atoms with Crippen LogP contribution in [0.1, 0.15) is 32.6 Å². The number of methoxy groups -OCH3 is 1. The summed E-state index contributed by atoms with van der Waals surface area (Å²) in [5, 5.41) is 3.54. The van der Waals surface area contributed by atoms with Gasteiger partial charge in [0.1, 0.15) is 0 Å². The zero-order chi connectivity index (χ0) is 20.6. The number of carbonyl (C=O) groups is 1. The molecule has 2 saturated heterocycles. The number of likely N-dealkylation sites (tertiary alicyclic amines) is 1. The van der Waals surface area contributed by atoms with Gasteiger partial charge in [-0.3, -0.25) is 19.6 Å². The quantitative estimate of drug-likeness (QED) is 0.437. The molecule has 8 nitrogen and oxygen atoms in total. The molecule has 29 heavy (non-hydrogen) atoms. The van der Waals surface area contributed by atoms with Crippen molar-refractivity contribution in [1.29, 1.82) is 0 Å². The van der Waals surface area contributed by atoms with E-state index in [1.807, 2.05) is 11.9 Å². The molecule has 1 aliphatic carbocycles. The van der Waals surface area contributed by atoms with Crippen molar-refractivity contribution >= 4 is 11.9 Å². The van der Waals surface area contributed by atoms with Crippen molar-refractivity contribution in [2.45, 2.75) is 44.7 Å². The van der Waals surface area contributed by atoms with Gasteiger partial charge in [-0.25, -0.2) is 0 Å². The van der Waals surface area contributed by atoms with Crippen LogP contribution in [0.3, 0.4) is 0 Å². The fraction of sp³-hybridized carbons (Fsp3) is 0.905. The average Bonchev–Trinajstić information content (AvgIpc) is 3.45. The number of hydrogen-bond donors (Lipinski definition) is 1. The van der Waals surface area contributed by atoms with E-state index in [2.05, 4.69) is 31.9 Å². The zero-order valence-electron chi connectivity index (χ0n) is 18.6. The van der Waals surface area contributed by atoms with Crippen molar-refractivity contribution in [3.63, 3.8) is 0 Å². The van der Waals surface area contributed by atoms with E-state index in [-0.39, 0.29) is 6.04 Å². The minimum absolute atomic E-state index is 0.0156. The van der Waals surface area contributed by atoms with Gasteiger partial charge in [-0.2, -0.15) is 0 Å². The van der Waals surface area contributed by atoms with Crippen LogP contribution in [0.5, 0.6) is 0 Å². The van der Waals surface area contributed by atoms with E-state index in [9.17, 15) is 4.79 Å². The lowest BCUT2D eigenvalue weighted by atomic mass is 10.2. The van der Waals surface area contributed by atoms with Crippen molar-refractivity contribution in [1.82, 2.24) is 24.9 Å². The largest absolute Gasteiger partial charge is 0.383 e. The van der Waals surface area contributed by atoms with E-state index in [1.165, 1.54) is 12.8 Å². The van der Waals surface area contributed by atoms with Crippen molar-refractivity contribution in [3.05, 3.63) is 0 Å². The summed E-state index contributed by atoms with van der Waals surface area (Å²) in [6, 6.07) is 0.727. The molecule has 0 aromatic rings. The first kappa shape index (κ1) is 22.3. The van der Waals surface area contributed by atoms with Gasteiger partial charge in [-0.15, -0.1) is 0 Å². The lowest BCUT2D eigenvalue weighted by Crippen LogP contribution is -2.57. The normalized spacial score (nSPS) is 22.4. The van der Waals surface area contributed by atoms with E-state index < -0.39 is 0 Å². The minimum atomic E-state index is -0.0156. The Labute approximate surface area is 176 Å². The van der Waals surface area contributed by atoms with Gasteiger partial charge >= 0.3 is 0 Å². The van der Waals surface area contributed by atoms with Crippen LogP contribution in [0.25, 0.3) is 0 Å². The number of ether oxygens (including phenoxy) is 1. The Hall–Kier alpha value is -1.38. The van der Waals surface area contributed by atoms with E-state index in [4.69, 9.17) is 4.74 Å². The van der Waals surface area contributed by atoms with Crippen LogP contribution in [0.4, 0.5) is 0 Å².